The van der Waals surface area contributed by atoms with Crippen LogP contribution in [0, 0.1) is 23.7 Å². The molecule has 8 rings (SSSR count). The van der Waals surface area contributed by atoms with Gasteiger partial charge in [0.15, 0.2) is 5.69 Å². The number of anilines is 1. The van der Waals surface area contributed by atoms with Crippen LogP contribution in [-0.4, -0.2) is 61.2 Å². The molecule has 4 unspecified atom stereocenters. The zero-order chi connectivity index (χ0) is 35.5. The number of nitrogens with zero attached hydrogens (tertiary/aromatic N) is 5. The largest absolute Gasteiger partial charge is 0.490 e. The van der Waals surface area contributed by atoms with Crippen molar-refractivity contribution in [2.24, 2.45) is 23.7 Å². The van der Waals surface area contributed by atoms with Crippen LogP contribution < -0.4 is 15.0 Å². The summed E-state index contributed by atoms with van der Waals surface area (Å²) in [6.45, 7) is 4.29. The van der Waals surface area contributed by atoms with Gasteiger partial charge < -0.3 is 24.6 Å². The average molecular weight is 703 g/mol. The fourth-order valence-electron chi connectivity index (χ4n) is 8.78. The summed E-state index contributed by atoms with van der Waals surface area (Å²) in [5.74, 6) is -0.319. The van der Waals surface area contributed by atoms with E-state index >= 15 is 0 Å². The number of ether oxygens (including phenoxy) is 1. The van der Waals surface area contributed by atoms with Gasteiger partial charge in [-0.05, 0) is 92.5 Å². The summed E-state index contributed by atoms with van der Waals surface area (Å²) in [5, 5.41) is 13.6. The van der Waals surface area contributed by atoms with Crippen molar-refractivity contribution in [3.8, 4) is 17.0 Å². The highest BCUT2D eigenvalue weighted by atomic mass is 19.4. The lowest BCUT2D eigenvalue weighted by molar-refractivity contribution is -0.146. The van der Waals surface area contributed by atoms with Crippen LogP contribution in [0.3, 0.4) is 0 Å². The van der Waals surface area contributed by atoms with E-state index in [1.807, 2.05) is 31.3 Å². The number of carbonyl (C=O) groups is 2. The first-order chi connectivity index (χ1) is 24.5. The first-order valence-corrected chi connectivity index (χ1v) is 17.9. The second-order valence-corrected chi connectivity index (χ2v) is 15.1. The number of carbonyl (C=O) groups excluding carboxylic acids is 1. The van der Waals surface area contributed by atoms with Crippen molar-refractivity contribution in [2.45, 2.75) is 82.7 Å². The Morgan fingerprint density at radius 2 is 1.80 bits per heavy atom. The Morgan fingerprint density at radius 1 is 1.04 bits per heavy atom. The van der Waals surface area contributed by atoms with Crippen LogP contribution in [0.25, 0.3) is 22.2 Å². The molecule has 1 amide bonds. The first kappa shape index (κ1) is 33.5. The van der Waals surface area contributed by atoms with E-state index in [0.29, 0.717) is 36.0 Å². The molecule has 3 aromatic heterocycles. The molecule has 1 saturated heterocycles. The molecule has 4 fully saturated rings. The number of hydrogen-bond donors (Lipinski definition) is 2. The number of piperidine rings is 1. The Balaban J connectivity index is 1.07. The maximum atomic E-state index is 14.6. The average Bonchev–Trinajstić information content (AvgIpc) is 3.80. The van der Waals surface area contributed by atoms with Gasteiger partial charge in [-0.3, -0.25) is 4.79 Å². The molecular formula is C38H41F3N6O4. The minimum absolute atomic E-state index is 0.00381. The number of rotatable bonds is 9. The summed E-state index contributed by atoms with van der Waals surface area (Å²) in [5.41, 5.74) is -2.16. The highest BCUT2D eigenvalue weighted by molar-refractivity contribution is 6.00. The third-order valence-corrected chi connectivity index (χ3v) is 11.3. The summed E-state index contributed by atoms with van der Waals surface area (Å²) in [7, 11) is 0. The SMILES string of the molecule is CC1CC2CC(C1)C(NC(=O)c1ccc(-c3cn(CC4CC4)c4cc(OC5CCN(c6ncccn6)CC5)ccc34)nc1C(F)(F)F)(C(=O)O)C2. The van der Waals surface area contributed by atoms with Gasteiger partial charge in [0.25, 0.3) is 5.91 Å². The second kappa shape index (κ2) is 12.8. The van der Waals surface area contributed by atoms with Crippen LogP contribution in [0.1, 0.15) is 74.3 Å². The van der Waals surface area contributed by atoms with Crippen molar-refractivity contribution >= 4 is 28.7 Å². The van der Waals surface area contributed by atoms with Crippen LogP contribution >= 0.6 is 0 Å². The van der Waals surface area contributed by atoms with Crippen LogP contribution in [-0.2, 0) is 17.5 Å². The van der Waals surface area contributed by atoms with Crippen molar-refractivity contribution in [2.75, 3.05) is 18.0 Å². The molecule has 4 aromatic rings. The van der Waals surface area contributed by atoms with E-state index < -0.39 is 34.8 Å². The molecule has 3 saturated carbocycles. The molecule has 2 N–H and O–H groups in total. The van der Waals surface area contributed by atoms with Gasteiger partial charge in [0.1, 0.15) is 17.4 Å². The van der Waals surface area contributed by atoms with E-state index in [2.05, 4.69) is 29.7 Å². The standard InChI is InChI=1S/C38H41F3N6O4/c1-22-15-24-17-25(16-22)37(19-24,35(49)50)45-34(48)29-7-8-31(44-33(29)38(39,40)41)30-21-47(20-23-3-4-23)32-18-27(5-6-28(30)32)51-26-9-13-46(14-10-26)36-42-11-2-12-43-36/h2,5-8,11-12,18,21-26H,3-4,9-10,13-17,19-20H2,1H3,(H,45,48)(H,49,50). The number of alkyl halides is 3. The van der Waals surface area contributed by atoms with E-state index in [9.17, 15) is 27.9 Å². The molecule has 0 spiro atoms. The molecular weight excluding hydrogens is 661 g/mol. The Hall–Kier alpha value is -4.68. The minimum Gasteiger partial charge on any atom is -0.490 e. The predicted molar refractivity (Wildman–Crippen MR) is 183 cm³/mol. The number of pyridine rings is 1. The fraction of sp³-hybridized carbons (Fsp3) is 0.500. The van der Waals surface area contributed by atoms with Gasteiger partial charge in [-0.2, -0.15) is 13.2 Å². The van der Waals surface area contributed by atoms with E-state index in [1.165, 1.54) is 6.07 Å². The third kappa shape index (κ3) is 6.51. The number of fused-ring (bicyclic) bond motifs is 3. The van der Waals surface area contributed by atoms with Gasteiger partial charge in [0.2, 0.25) is 5.95 Å². The molecule has 0 radical (unpaired) electrons. The van der Waals surface area contributed by atoms with Crippen LogP contribution in [0.4, 0.5) is 19.1 Å². The quantitative estimate of drug-likeness (QED) is 0.192. The number of aliphatic carboxylic acids is 1. The number of aromatic nitrogens is 4. The summed E-state index contributed by atoms with van der Waals surface area (Å²) in [6.07, 6.45) is 6.42. The van der Waals surface area contributed by atoms with Crippen LogP contribution in [0.5, 0.6) is 5.75 Å². The van der Waals surface area contributed by atoms with Crippen molar-refractivity contribution < 1.29 is 32.6 Å². The zero-order valence-corrected chi connectivity index (χ0v) is 28.4. The van der Waals surface area contributed by atoms with Gasteiger partial charge in [-0.1, -0.05) is 6.92 Å². The molecule has 10 nitrogen and oxygen atoms in total. The van der Waals surface area contributed by atoms with E-state index in [0.717, 1.165) is 68.7 Å². The van der Waals surface area contributed by atoms with Crippen molar-refractivity contribution in [1.82, 2.24) is 24.8 Å². The molecule has 51 heavy (non-hydrogen) atoms. The molecule has 3 aliphatic carbocycles. The number of amides is 1. The lowest BCUT2D eigenvalue weighted by Gasteiger charge is -2.33. The Bertz CT molecular complexity index is 1960. The summed E-state index contributed by atoms with van der Waals surface area (Å²) >= 11 is 0. The second-order valence-electron chi connectivity index (χ2n) is 15.1. The van der Waals surface area contributed by atoms with Gasteiger partial charge in [-0.15, -0.1) is 0 Å². The predicted octanol–water partition coefficient (Wildman–Crippen LogP) is 6.98. The molecule has 268 valence electrons. The maximum absolute atomic E-state index is 14.6. The van der Waals surface area contributed by atoms with Crippen LogP contribution in [0.15, 0.2) is 55.0 Å². The van der Waals surface area contributed by atoms with Gasteiger partial charge in [-0.25, -0.2) is 19.7 Å². The molecule has 1 aromatic carbocycles. The number of halogens is 3. The van der Waals surface area contributed by atoms with E-state index in [-0.39, 0.29) is 36.0 Å². The summed E-state index contributed by atoms with van der Waals surface area (Å²) in [6, 6.07) is 10.0. The number of carboxylic acid groups (broad SMARTS) is 1. The van der Waals surface area contributed by atoms with Gasteiger partial charge >= 0.3 is 12.1 Å². The molecule has 4 atom stereocenters. The Labute approximate surface area is 293 Å². The summed E-state index contributed by atoms with van der Waals surface area (Å²) in [4.78, 5) is 41.1. The fourth-order valence-corrected chi connectivity index (χ4v) is 8.78. The molecule has 13 heteroatoms. The van der Waals surface area contributed by atoms with E-state index in [1.54, 1.807) is 18.5 Å². The molecule has 4 aliphatic rings. The monoisotopic (exact) mass is 702 g/mol. The Kier molecular flexibility index (Phi) is 8.41. The van der Waals surface area contributed by atoms with Crippen molar-refractivity contribution in [3.05, 3.63) is 66.2 Å². The smallest absolute Gasteiger partial charge is 0.434 e. The maximum Gasteiger partial charge on any atom is 0.434 e. The van der Waals surface area contributed by atoms with Gasteiger partial charge in [0, 0.05) is 68.1 Å². The van der Waals surface area contributed by atoms with Crippen molar-refractivity contribution in [1.29, 1.82) is 0 Å². The van der Waals surface area contributed by atoms with Crippen molar-refractivity contribution in [3.63, 3.8) is 0 Å². The number of nitrogens with one attached hydrogen (secondary N) is 1. The summed E-state index contributed by atoms with van der Waals surface area (Å²) < 4.78 is 52.4. The molecule has 2 bridgehead atoms. The molecule has 1 aliphatic heterocycles. The van der Waals surface area contributed by atoms with Crippen LogP contribution in [0.2, 0.25) is 0 Å². The number of benzene rings is 1. The lowest BCUT2D eigenvalue weighted by Crippen LogP contribution is -2.57. The normalized spacial score (nSPS) is 25.3. The zero-order valence-electron chi connectivity index (χ0n) is 28.4. The first-order valence-electron chi connectivity index (χ1n) is 17.9. The minimum atomic E-state index is -4.95. The van der Waals surface area contributed by atoms with E-state index in [4.69, 9.17) is 4.74 Å². The lowest BCUT2D eigenvalue weighted by atomic mass is 9.78. The number of hydrogen-bond acceptors (Lipinski definition) is 7. The highest BCUT2D eigenvalue weighted by Crippen LogP contribution is 2.51. The highest BCUT2D eigenvalue weighted by Gasteiger charge is 2.56. The third-order valence-electron chi connectivity index (χ3n) is 11.3. The number of carboxylic acids is 1. The van der Waals surface area contributed by atoms with Gasteiger partial charge in [0.05, 0.1) is 16.8 Å². The molecule has 4 heterocycles. The topological polar surface area (TPSA) is 122 Å². The Morgan fingerprint density at radius 3 is 2.51 bits per heavy atom.